The molecule has 0 unspecified atom stereocenters. The number of rotatable bonds is 6. The molecule has 0 radical (unpaired) electrons. The molecule has 0 spiro atoms. The van der Waals surface area contributed by atoms with Crippen LogP contribution < -0.4 is 10.6 Å². The number of nitrogens with one attached hydrogen (secondary N) is 2. The molecule has 1 aromatic heterocycles. The second kappa shape index (κ2) is 7.31. The van der Waals surface area contributed by atoms with Gasteiger partial charge >= 0.3 is 0 Å². The molecule has 0 atom stereocenters. The highest BCUT2D eigenvalue weighted by Crippen LogP contribution is 2.25. The monoisotopic (exact) mass is 262 g/mol. The normalized spacial score (nSPS) is 16.3. The molecule has 0 saturated heterocycles. The van der Waals surface area contributed by atoms with E-state index in [0.29, 0.717) is 0 Å². The molecular formula is C15H26N4. The van der Waals surface area contributed by atoms with Gasteiger partial charge in [-0.15, -0.1) is 0 Å². The second-order valence-corrected chi connectivity index (χ2v) is 5.51. The summed E-state index contributed by atoms with van der Waals surface area (Å²) in [6.45, 7) is 6.25. The summed E-state index contributed by atoms with van der Waals surface area (Å²) in [6, 6.07) is 0. The summed E-state index contributed by atoms with van der Waals surface area (Å²) in [4.78, 5) is 8.68. The molecule has 1 aliphatic carbocycles. The predicted octanol–water partition coefficient (Wildman–Crippen LogP) is 3.60. The smallest absolute Gasteiger partial charge is 0.134 e. The van der Waals surface area contributed by atoms with E-state index in [1.54, 1.807) is 6.33 Å². The summed E-state index contributed by atoms with van der Waals surface area (Å²) in [5.41, 5.74) is 1.13. The third-order valence-electron chi connectivity index (χ3n) is 3.91. The number of hydrogen-bond donors (Lipinski definition) is 2. The number of aromatic nitrogens is 2. The van der Waals surface area contributed by atoms with E-state index < -0.39 is 0 Å². The first kappa shape index (κ1) is 14.1. The van der Waals surface area contributed by atoms with Crippen molar-refractivity contribution in [2.75, 3.05) is 23.7 Å². The fraction of sp³-hybridized carbons (Fsp3) is 0.733. The third kappa shape index (κ3) is 4.08. The first-order valence-electron chi connectivity index (χ1n) is 7.60. The van der Waals surface area contributed by atoms with Crippen LogP contribution in [0.4, 0.5) is 11.6 Å². The lowest BCUT2D eigenvalue weighted by Crippen LogP contribution is -2.18. The average Bonchev–Trinajstić information content (AvgIpc) is 2.46. The van der Waals surface area contributed by atoms with Crippen molar-refractivity contribution >= 4 is 11.6 Å². The van der Waals surface area contributed by atoms with Gasteiger partial charge in [-0.2, -0.15) is 0 Å². The van der Waals surface area contributed by atoms with Crippen molar-refractivity contribution in [1.82, 2.24) is 9.97 Å². The van der Waals surface area contributed by atoms with Gasteiger partial charge < -0.3 is 10.6 Å². The SMILES string of the molecule is CCCNc1ncnc(NCC2CCCCC2)c1C. The molecule has 4 heteroatoms. The Labute approximate surface area is 116 Å². The molecule has 0 aromatic carbocycles. The zero-order chi connectivity index (χ0) is 13.5. The fourth-order valence-electron chi connectivity index (χ4n) is 2.68. The molecule has 0 bridgehead atoms. The molecular weight excluding hydrogens is 236 g/mol. The van der Waals surface area contributed by atoms with Crippen LogP contribution in [0.2, 0.25) is 0 Å². The van der Waals surface area contributed by atoms with Crippen LogP contribution in [-0.2, 0) is 0 Å². The molecule has 1 saturated carbocycles. The number of hydrogen-bond acceptors (Lipinski definition) is 4. The molecule has 106 valence electrons. The highest BCUT2D eigenvalue weighted by molar-refractivity contribution is 5.56. The van der Waals surface area contributed by atoms with Gasteiger partial charge in [-0.1, -0.05) is 26.2 Å². The topological polar surface area (TPSA) is 49.8 Å². The van der Waals surface area contributed by atoms with E-state index in [9.17, 15) is 0 Å². The van der Waals surface area contributed by atoms with Crippen LogP contribution in [0, 0.1) is 12.8 Å². The molecule has 19 heavy (non-hydrogen) atoms. The minimum Gasteiger partial charge on any atom is -0.370 e. The lowest BCUT2D eigenvalue weighted by Gasteiger charge is -2.22. The van der Waals surface area contributed by atoms with E-state index >= 15 is 0 Å². The van der Waals surface area contributed by atoms with Gasteiger partial charge in [0.15, 0.2) is 0 Å². The first-order chi connectivity index (χ1) is 9.31. The van der Waals surface area contributed by atoms with E-state index in [1.165, 1.54) is 32.1 Å². The maximum Gasteiger partial charge on any atom is 0.134 e. The highest BCUT2D eigenvalue weighted by Gasteiger charge is 2.14. The van der Waals surface area contributed by atoms with Gasteiger partial charge in [-0.05, 0) is 32.1 Å². The average molecular weight is 262 g/mol. The maximum atomic E-state index is 4.37. The highest BCUT2D eigenvalue weighted by atomic mass is 15.1. The van der Waals surface area contributed by atoms with Crippen LogP contribution >= 0.6 is 0 Å². The molecule has 1 aliphatic rings. The summed E-state index contributed by atoms with van der Waals surface area (Å²) in [6.07, 6.45) is 9.66. The van der Waals surface area contributed by atoms with Crippen molar-refractivity contribution in [1.29, 1.82) is 0 Å². The second-order valence-electron chi connectivity index (χ2n) is 5.51. The van der Waals surface area contributed by atoms with E-state index in [1.807, 2.05) is 0 Å². The Balaban J connectivity index is 1.91. The van der Waals surface area contributed by atoms with Crippen LogP contribution in [0.1, 0.15) is 51.0 Å². The molecule has 1 heterocycles. The Morgan fingerprint density at radius 2 is 1.79 bits per heavy atom. The van der Waals surface area contributed by atoms with Crippen molar-refractivity contribution in [2.24, 2.45) is 5.92 Å². The first-order valence-corrected chi connectivity index (χ1v) is 7.60. The largest absolute Gasteiger partial charge is 0.370 e. The van der Waals surface area contributed by atoms with E-state index in [2.05, 4.69) is 34.4 Å². The lowest BCUT2D eigenvalue weighted by atomic mass is 9.89. The van der Waals surface area contributed by atoms with Crippen LogP contribution in [0.5, 0.6) is 0 Å². The van der Waals surface area contributed by atoms with E-state index in [4.69, 9.17) is 0 Å². The van der Waals surface area contributed by atoms with Gasteiger partial charge in [0.25, 0.3) is 0 Å². The lowest BCUT2D eigenvalue weighted by molar-refractivity contribution is 0.373. The Bertz CT molecular complexity index is 386. The summed E-state index contributed by atoms with van der Waals surface area (Å²) in [5.74, 6) is 2.76. The summed E-state index contributed by atoms with van der Waals surface area (Å²) in [7, 11) is 0. The standard InChI is InChI=1S/C15H26N4/c1-3-9-16-14-12(2)15(19-11-18-14)17-10-13-7-5-4-6-8-13/h11,13H,3-10H2,1-2H3,(H2,16,17,18,19). The Morgan fingerprint density at radius 1 is 1.11 bits per heavy atom. The van der Waals surface area contributed by atoms with Gasteiger partial charge in [0.2, 0.25) is 0 Å². The van der Waals surface area contributed by atoms with Crippen LogP contribution in [0.15, 0.2) is 6.33 Å². The van der Waals surface area contributed by atoms with Crippen molar-refractivity contribution < 1.29 is 0 Å². The summed E-state index contributed by atoms with van der Waals surface area (Å²) in [5, 5.41) is 6.86. The third-order valence-corrected chi connectivity index (χ3v) is 3.91. The van der Waals surface area contributed by atoms with Gasteiger partial charge in [0.05, 0.1) is 0 Å². The Hall–Kier alpha value is -1.32. The number of anilines is 2. The van der Waals surface area contributed by atoms with Crippen molar-refractivity contribution in [3.8, 4) is 0 Å². The van der Waals surface area contributed by atoms with Crippen LogP contribution in [0.25, 0.3) is 0 Å². The summed E-state index contributed by atoms with van der Waals surface area (Å²) < 4.78 is 0. The summed E-state index contributed by atoms with van der Waals surface area (Å²) >= 11 is 0. The van der Waals surface area contributed by atoms with Gasteiger partial charge in [-0.25, -0.2) is 9.97 Å². The zero-order valence-electron chi connectivity index (χ0n) is 12.2. The van der Waals surface area contributed by atoms with Crippen molar-refractivity contribution in [3.05, 3.63) is 11.9 Å². The van der Waals surface area contributed by atoms with Gasteiger partial charge in [0.1, 0.15) is 18.0 Å². The minimum atomic E-state index is 0.815. The number of nitrogens with zero attached hydrogens (tertiary/aromatic N) is 2. The quantitative estimate of drug-likeness (QED) is 0.822. The molecule has 2 N–H and O–H groups in total. The Kier molecular flexibility index (Phi) is 5.43. The molecule has 0 aliphatic heterocycles. The van der Waals surface area contributed by atoms with Crippen LogP contribution in [-0.4, -0.2) is 23.1 Å². The van der Waals surface area contributed by atoms with E-state index in [-0.39, 0.29) is 0 Å². The molecule has 1 fully saturated rings. The zero-order valence-corrected chi connectivity index (χ0v) is 12.2. The van der Waals surface area contributed by atoms with Gasteiger partial charge in [-0.3, -0.25) is 0 Å². The molecule has 2 rings (SSSR count). The molecule has 1 aromatic rings. The van der Waals surface area contributed by atoms with Gasteiger partial charge in [0, 0.05) is 18.7 Å². The maximum absolute atomic E-state index is 4.37. The molecule has 0 amide bonds. The van der Waals surface area contributed by atoms with E-state index in [0.717, 1.165) is 42.6 Å². The fourth-order valence-corrected chi connectivity index (χ4v) is 2.68. The minimum absolute atomic E-state index is 0.815. The van der Waals surface area contributed by atoms with Crippen molar-refractivity contribution in [3.63, 3.8) is 0 Å². The Morgan fingerprint density at radius 3 is 2.47 bits per heavy atom. The van der Waals surface area contributed by atoms with Crippen molar-refractivity contribution in [2.45, 2.75) is 52.4 Å². The predicted molar refractivity (Wildman–Crippen MR) is 80.6 cm³/mol. The molecule has 4 nitrogen and oxygen atoms in total. The van der Waals surface area contributed by atoms with Crippen LogP contribution in [0.3, 0.4) is 0 Å².